The molecule has 2 N–H and O–H groups in total. The second kappa shape index (κ2) is 8.35. The molecule has 0 aromatic carbocycles. The first-order valence-corrected chi connectivity index (χ1v) is 7.38. The second-order valence-corrected chi connectivity index (χ2v) is 5.55. The van der Waals surface area contributed by atoms with Crippen molar-refractivity contribution in [3.63, 3.8) is 0 Å². The molecule has 0 radical (unpaired) electrons. The minimum atomic E-state index is -0.882. The molecule has 8 nitrogen and oxygen atoms in total. The number of hydrogen-bond donors (Lipinski definition) is 1. The number of carbonyl (C=O) groups is 1. The lowest BCUT2D eigenvalue weighted by Crippen LogP contribution is -2.33. The Kier molecular flexibility index (Phi) is 6.80. The number of pyridine rings is 1. The van der Waals surface area contributed by atoms with Crippen LogP contribution in [0.1, 0.15) is 12.0 Å². The van der Waals surface area contributed by atoms with Crippen molar-refractivity contribution in [1.29, 1.82) is 0 Å². The number of nitrogens with zero attached hydrogens (tertiary/aromatic N) is 3. The van der Waals surface area contributed by atoms with Crippen molar-refractivity contribution < 1.29 is 29.7 Å². The number of carbonyl (C=O) groups excluding carboxylic acids is 1. The average molecular weight is 327 g/mol. The SMILES string of the molecule is C[n+]1cccc(COC(=O)C(C2=NCCCS2)=[N+]([O-])O)c1.[OH-]. The summed E-state index contributed by atoms with van der Waals surface area (Å²) in [5.74, 6) is -0.134. The normalized spacial score (nSPS) is 15.2. The maximum atomic E-state index is 12.0. The van der Waals surface area contributed by atoms with Gasteiger partial charge in [-0.05, 0) is 12.5 Å². The molecule has 0 amide bonds. The predicted octanol–water partition coefficient (Wildman–Crippen LogP) is 0.253. The molecule has 0 fully saturated rings. The maximum Gasteiger partial charge on any atom is 0.413 e. The summed E-state index contributed by atoms with van der Waals surface area (Å²) in [5, 5.41) is 20.5. The summed E-state index contributed by atoms with van der Waals surface area (Å²) >= 11 is 1.26. The van der Waals surface area contributed by atoms with E-state index < -0.39 is 16.6 Å². The van der Waals surface area contributed by atoms with Crippen molar-refractivity contribution in [2.45, 2.75) is 13.0 Å². The molecular weight excluding hydrogens is 310 g/mol. The lowest BCUT2D eigenvalue weighted by atomic mass is 10.3. The van der Waals surface area contributed by atoms with Gasteiger partial charge in [-0.15, -0.1) is 0 Å². The van der Waals surface area contributed by atoms with E-state index in [1.165, 1.54) is 11.8 Å². The van der Waals surface area contributed by atoms with Gasteiger partial charge in [0.25, 0.3) is 0 Å². The zero-order valence-corrected chi connectivity index (χ0v) is 12.8. The Bertz CT molecular complexity index is 599. The van der Waals surface area contributed by atoms with Crippen LogP contribution in [0.3, 0.4) is 0 Å². The fraction of sp³-hybridized carbons (Fsp3) is 0.385. The Labute approximate surface area is 131 Å². The van der Waals surface area contributed by atoms with Crippen molar-refractivity contribution in [2.75, 3.05) is 12.3 Å². The summed E-state index contributed by atoms with van der Waals surface area (Å²) < 4.78 is 6.89. The first-order valence-electron chi connectivity index (χ1n) is 6.40. The van der Waals surface area contributed by atoms with E-state index >= 15 is 0 Å². The fourth-order valence-electron chi connectivity index (χ4n) is 1.80. The van der Waals surface area contributed by atoms with Gasteiger partial charge in [-0.1, -0.05) is 11.8 Å². The van der Waals surface area contributed by atoms with Gasteiger partial charge in [0.15, 0.2) is 17.4 Å². The molecular formula is C13H17N3O5S. The molecule has 0 unspecified atom stereocenters. The van der Waals surface area contributed by atoms with Gasteiger partial charge in [-0.2, -0.15) is 0 Å². The van der Waals surface area contributed by atoms with Crippen LogP contribution in [-0.2, 0) is 23.2 Å². The van der Waals surface area contributed by atoms with E-state index in [1.807, 2.05) is 23.9 Å². The standard InChI is InChI=1S/C13H16N3O4S.H2O/c1-15-6-2-4-10(8-15)9-20-13(17)11(16(18)19)12-14-5-3-7-21-12;/h2,4,6,8H,3,5,7,9H2,1H3,(H,18,19);1H2/q+1;/p-1. The Balaban J connectivity index is 0.00000242. The number of ether oxygens (including phenoxy) is 1. The summed E-state index contributed by atoms with van der Waals surface area (Å²) in [6, 6.07) is 3.62. The highest BCUT2D eigenvalue weighted by molar-refractivity contribution is 8.16. The van der Waals surface area contributed by atoms with Crippen LogP contribution < -0.4 is 4.57 Å². The van der Waals surface area contributed by atoms with Crippen molar-refractivity contribution in [3.05, 3.63) is 35.3 Å². The number of thioether (sulfide) groups is 1. The Hall–Kier alpha value is -2.13. The number of rotatable bonds is 4. The minimum absolute atomic E-state index is 0. The van der Waals surface area contributed by atoms with Crippen molar-refractivity contribution in [3.8, 4) is 0 Å². The number of aryl methyl sites for hydroxylation is 1. The predicted molar refractivity (Wildman–Crippen MR) is 79.1 cm³/mol. The molecule has 0 spiro atoms. The lowest BCUT2D eigenvalue weighted by molar-refractivity contribution is -0.724. The van der Waals surface area contributed by atoms with E-state index in [9.17, 15) is 10.0 Å². The molecule has 0 aliphatic carbocycles. The van der Waals surface area contributed by atoms with Gasteiger partial charge in [0.1, 0.15) is 13.7 Å². The first kappa shape index (κ1) is 17.9. The largest absolute Gasteiger partial charge is 0.870 e. The van der Waals surface area contributed by atoms with Crippen LogP contribution in [0.15, 0.2) is 29.5 Å². The van der Waals surface area contributed by atoms with Crippen LogP contribution in [0.25, 0.3) is 0 Å². The third-order valence-electron chi connectivity index (χ3n) is 2.75. The van der Waals surface area contributed by atoms with Crippen molar-refractivity contribution in [1.82, 2.24) is 0 Å². The van der Waals surface area contributed by atoms with E-state index in [-0.39, 0.29) is 17.1 Å². The van der Waals surface area contributed by atoms with E-state index in [1.54, 1.807) is 12.3 Å². The molecule has 0 saturated carbocycles. The van der Waals surface area contributed by atoms with Crippen molar-refractivity contribution in [2.24, 2.45) is 12.0 Å². The zero-order chi connectivity index (χ0) is 15.2. The second-order valence-electron chi connectivity index (χ2n) is 4.46. The van der Waals surface area contributed by atoms with Gasteiger partial charge in [0.05, 0.1) is 10.5 Å². The van der Waals surface area contributed by atoms with Gasteiger partial charge in [-0.3, -0.25) is 10.2 Å². The highest BCUT2D eigenvalue weighted by atomic mass is 32.2. The molecule has 9 heteroatoms. The summed E-state index contributed by atoms with van der Waals surface area (Å²) in [5.41, 5.74) is 0.321. The van der Waals surface area contributed by atoms with Gasteiger partial charge in [0.2, 0.25) is 0 Å². The number of aliphatic imine (C=N–C) groups is 1. The maximum absolute atomic E-state index is 12.0. The molecule has 1 aromatic rings. The molecule has 1 aromatic heterocycles. The topological polar surface area (TPSA) is 119 Å². The summed E-state index contributed by atoms with van der Waals surface area (Å²) in [6.45, 7) is 0.546. The first-order chi connectivity index (χ1) is 10.1. The zero-order valence-electron chi connectivity index (χ0n) is 12.0. The molecule has 2 heterocycles. The number of hydrogen-bond acceptors (Lipinski definition) is 7. The van der Waals surface area contributed by atoms with E-state index in [0.29, 0.717) is 6.54 Å². The van der Waals surface area contributed by atoms with Crippen LogP contribution >= 0.6 is 11.8 Å². The van der Waals surface area contributed by atoms with Crippen LogP contribution in [0, 0.1) is 5.21 Å². The Morgan fingerprint density at radius 3 is 3.00 bits per heavy atom. The summed E-state index contributed by atoms with van der Waals surface area (Å²) in [4.78, 5) is 15.6. The third kappa shape index (κ3) is 4.71. The molecule has 0 saturated heterocycles. The number of esters is 1. The van der Waals surface area contributed by atoms with Crippen LogP contribution in [0.5, 0.6) is 0 Å². The van der Waals surface area contributed by atoms with Crippen molar-refractivity contribution >= 4 is 28.5 Å². The lowest BCUT2D eigenvalue weighted by Gasteiger charge is -2.10. The monoisotopic (exact) mass is 327 g/mol. The van der Waals surface area contributed by atoms with E-state index in [2.05, 4.69) is 4.99 Å². The van der Waals surface area contributed by atoms with E-state index in [4.69, 9.17) is 9.94 Å². The van der Waals surface area contributed by atoms with Gasteiger partial charge in [0, 0.05) is 18.4 Å². The molecule has 2 rings (SSSR count). The van der Waals surface area contributed by atoms with Gasteiger partial charge >= 0.3 is 11.7 Å². The fourth-order valence-corrected chi connectivity index (χ4v) is 2.75. The molecule has 120 valence electrons. The molecule has 0 atom stereocenters. The van der Waals surface area contributed by atoms with Crippen LogP contribution in [0.4, 0.5) is 0 Å². The summed E-state index contributed by atoms with van der Waals surface area (Å²) in [7, 11) is 1.85. The molecule has 1 aliphatic rings. The average Bonchev–Trinajstić information content (AvgIpc) is 2.46. The Morgan fingerprint density at radius 1 is 1.64 bits per heavy atom. The molecule has 22 heavy (non-hydrogen) atoms. The van der Waals surface area contributed by atoms with Gasteiger partial charge < -0.3 is 15.4 Å². The Morgan fingerprint density at radius 2 is 2.41 bits per heavy atom. The molecule has 1 aliphatic heterocycles. The summed E-state index contributed by atoms with van der Waals surface area (Å²) in [6.07, 6.45) is 4.53. The third-order valence-corrected chi connectivity index (χ3v) is 3.84. The quantitative estimate of drug-likeness (QED) is 0.211. The highest BCUT2D eigenvalue weighted by Crippen LogP contribution is 2.14. The van der Waals surface area contributed by atoms with Gasteiger partial charge in [-0.25, -0.2) is 9.36 Å². The van der Waals surface area contributed by atoms with Crippen LogP contribution in [0.2, 0.25) is 0 Å². The smallest absolute Gasteiger partial charge is 0.413 e. The van der Waals surface area contributed by atoms with E-state index in [0.717, 1.165) is 17.7 Å². The van der Waals surface area contributed by atoms with Crippen LogP contribution in [-0.4, -0.2) is 44.6 Å². The minimum Gasteiger partial charge on any atom is -0.870 e. The number of aromatic nitrogens is 1. The molecule has 0 bridgehead atoms. The highest BCUT2D eigenvalue weighted by Gasteiger charge is 2.32.